The number of carbonyl (C=O) groups excluding carboxylic acids is 2. The molecule has 2 atom stereocenters. The van der Waals surface area contributed by atoms with Gasteiger partial charge in [-0.3, -0.25) is 14.6 Å². The Balaban J connectivity index is 2.11. The van der Waals surface area contributed by atoms with Gasteiger partial charge in [0.25, 0.3) is 0 Å². The van der Waals surface area contributed by atoms with Crippen LogP contribution in [0.5, 0.6) is 0 Å². The number of hydrogen-bond donors (Lipinski definition) is 0. The van der Waals surface area contributed by atoms with E-state index < -0.39 is 5.92 Å². The van der Waals surface area contributed by atoms with Crippen molar-refractivity contribution in [2.24, 2.45) is 16.3 Å². The van der Waals surface area contributed by atoms with Crippen molar-refractivity contribution in [2.45, 2.75) is 52.9 Å². The largest absolute Gasteiger partial charge is 0.465 e. The van der Waals surface area contributed by atoms with Crippen molar-refractivity contribution in [3.05, 3.63) is 41.1 Å². The van der Waals surface area contributed by atoms with Crippen LogP contribution in [-0.4, -0.2) is 38.2 Å². The molecular formula is C24H32N2O3. The predicted octanol–water partition coefficient (Wildman–Crippen LogP) is 4.52. The van der Waals surface area contributed by atoms with Crippen molar-refractivity contribution >= 4 is 23.2 Å². The number of ether oxygens (including phenoxy) is 1. The number of rotatable bonds is 5. The van der Waals surface area contributed by atoms with Crippen LogP contribution < -0.4 is 4.90 Å². The minimum absolute atomic E-state index is 0.0995. The van der Waals surface area contributed by atoms with Crippen LogP contribution >= 0.6 is 0 Å². The fourth-order valence-electron chi connectivity index (χ4n) is 4.38. The Morgan fingerprint density at radius 3 is 2.45 bits per heavy atom. The number of nitrogens with zero attached hydrogens (tertiary/aromatic N) is 2. The number of carbonyl (C=O) groups is 2. The molecule has 0 radical (unpaired) electrons. The minimum atomic E-state index is -0.560. The summed E-state index contributed by atoms with van der Waals surface area (Å²) in [7, 11) is 3.98. The molecule has 0 fully saturated rings. The van der Waals surface area contributed by atoms with Gasteiger partial charge in [-0.1, -0.05) is 32.9 Å². The van der Waals surface area contributed by atoms with E-state index in [-0.39, 0.29) is 23.1 Å². The average molecular weight is 397 g/mol. The second-order valence-corrected chi connectivity index (χ2v) is 9.16. The predicted molar refractivity (Wildman–Crippen MR) is 116 cm³/mol. The molecule has 29 heavy (non-hydrogen) atoms. The quantitative estimate of drug-likeness (QED) is 0.687. The normalized spacial score (nSPS) is 23.4. The molecule has 0 amide bonds. The van der Waals surface area contributed by atoms with E-state index in [4.69, 9.17) is 9.73 Å². The number of allylic oxidation sites excluding steroid dienone is 2. The van der Waals surface area contributed by atoms with Crippen LogP contribution in [0.4, 0.5) is 5.69 Å². The molecular weight excluding hydrogens is 364 g/mol. The van der Waals surface area contributed by atoms with E-state index in [1.807, 2.05) is 57.1 Å². The van der Waals surface area contributed by atoms with Crippen molar-refractivity contribution in [3.63, 3.8) is 0 Å². The summed E-state index contributed by atoms with van der Waals surface area (Å²) in [6.45, 7) is 8.43. The Hall–Kier alpha value is -2.43. The summed E-state index contributed by atoms with van der Waals surface area (Å²) < 4.78 is 5.51. The standard InChI is InChI=1S/C24H32N2O3/c1-7-12-29-23(28)20-15(2)25-18-13-24(3,4)14-19(27)22(18)21(20)16-8-10-17(11-9-16)26(5)6/h8-11,20-21H,7,12-14H2,1-6H3/t20?,21-/m0/s1. The van der Waals surface area contributed by atoms with Gasteiger partial charge in [-0.25, -0.2) is 0 Å². The maximum atomic E-state index is 13.2. The number of ketones is 1. The van der Waals surface area contributed by atoms with Crippen LogP contribution in [-0.2, 0) is 14.3 Å². The van der Waals surface area contributed by atoms with Crippen LogP contribution in [0.25, 0.3) is 0 Å². The molecule has 0 saturated carbocycles. The summed E-state index contributed by atoms with van der Waals surface area (Å²) in [5, 5.41) is 0. The van der Waals surface area contributed by atoms with E-state index in [0.717, 1.165) is 35.5 Å². The van der Waals surface area contributed by atoms with E-state index in [0.29, 0.717) is 18.6 Å². The molecule has 1 aromatic rings. The summed E-state index contributed by atoms with van der Waals surface area (Å²) in [5.74, 6) is -1.09. The van der Waals surface area contributed by atoms with Gasteiger partial charge in [0, 0.05) is 49.1 Å². The number of anilines is 1. The van der Waals surface area contributed by atoms with E-state index in [1.54, 1.807) is 0 Å². The Morgan fingerprint density at radius 1 is 1.21 bits per heavy atom. The second kappa shape index (κ2) is 8.13. The monoisotopic (exact) mass is 396 g/mol. The van der Waals surface area contributed by atoms with Crippen LogP contribution in [0.2, 0.25) is 0 Å². The highest BCUT2D eigenvalue weighted by molar-refractivity contribution is 6.09. The van der Waals surface area contributed by atoms with E-state index >= 15 is 0 Å². The first-order valence-electron chi connectivity index (χ1n) is 10.4. The molecule has 0 spiro atoms. The van der Waals surface area contributed by atoms with Crippen LogP contribution in [0, 0.1) is 11.3 Å². The van der Waals surface area contributed by atoms with Crippen molar-refractivity contribution in [1.29, 1.82) is 0 Å². The fourth-order valence-corrected chi connectivity index (χ4v) is 4.38. The molecule has 1 aromatic carbocycles. The van der Waals surface area contributed by atoms with Crippen LogP contribution in [0.3, 0.4) is 0 Å². The lowest BCUT2D eigenvalue weighted by molar-refractivity contribution is -0.146. The highest BCUT2D eigenvalue weighted by Crippen LogP contribution is 2.48. The van der Waals surface area contributed by atoms with Crippen molar-refractivity contribution in [3.8, 4) is 0 Å². The third kappa shape index (κ3) is 4.29. The lowest BCUT2D eigenvalue weighted by Gasteiger charge is -2.39. The second-order valence-electron chi connectivity index (χ2n) is 9.16. The average Bonchev–Trinajstić information content (AvgIpc) is 2.64. The van der Waals surface area contributed by atoms with E-state index in [9.17, 15) is 9.59 Å². The number of benzene rings is 1. The minimum Gasteiger partial charge on any atom is -0.465 e. The highest BCUT2D eigenvalue weighted by Gasteiger charge is 2.45. The molecule has 156 valence electrons. The summed E-state index contributed by atoms with van der Waals surface area (Å²) in [6.07, 6.45) is 1.98. The van der Waals surface area contributed by atoms with Crippen molar-refractivity contribution < 1.29 is 14.3 Å². The summed E-state index contributed by atoms with van der Waals surface area (Å²) >= 11 is 0. The number of aliphatic imine (C=N–C) groups is 1. The summed E-state index contributed by atoms with van der Waals surface area (Å²) in [6, 6.07) is 8.11. The molecule has 5 heteroatoms. The molecule has 0 bridgehead atoms. The zero-order chi connectivity index (χ0) is 21.3. The molecule has 3 rings (SSSR count). The summed E-state index contributed by atoms with van der Waals surface area (Å²) in [4.78, 5) is 33.0. The van der Waals surface area contributed by atoms with Gasteiger partial charge in [-0.2, -0.15) is 0 Å². The molecule has 1 heterocycles. The molecule has 1 aliphatic carbocycles. The van der Waals surface area contributed by atoms with E-state index in [2.05, 4.69) is 13.8 Å². The first kappa shape index (κ1) is 21.3. The van der Waals surface area contributed by atoms with Gasteiger partial charge in [0.05, 0.1) is 6.61 Å². The van der Waals surface area contributed by atoms with Gasteiger partial charge in [-0.05, 0) is 42.9 Å². The highest BCUT2D eigenvalue weighted by atomic mass is 16.5. The van der Waals surface area contributed by atoms with Gasteiger partial charge in [0.15, 0.2) is 5.78 Å². The Kier molecular flexibility index (Phi) is 5.97. The maximum absolute atomic E-state index is 13.2. The van der Waals surface area contributed by atoms with Crippen molar-refractivity contribution in [2.75, 3.05) is 25.6 Å². The molecule has 1 unspecified atom stereocenters. The van der Waals surface area contributed by atoms with Crippen LogP contribution in [0.1, 0.15) is 58.4 Å². The number of Topliss-reactive ketones (excluding diaryl/α,β-unsaturated/α-hetero) is 1. The molecule has 0 saturated heterocycles. The summed E-state index contributed by atoms with van der Waals surface area (Å²) in [5.41, 5.74) is 4.19. The third-order valence-corrected chi connectivity index (χ3v) is 5.77. The molecule has 1 aliphatic heterocycles. The molecule has 0 aromatic heterocycles. The maximum Gasteiger partial charge on any atom is 0.315 e. The fraction of sp³-hybridized carbons (Fsp3) is 0.542. The van der Waals surface area contributed by atoms with Crippen molar-refractivity contribution in [1.82, 2.24) is 0 Å². The molecule has 0 N–H and O–H groups in total. The zero-order valence-electron chi connectivity index (χ0n) is 18.4. The van der Waals surface area contributed by atoms with Crippen LogP contribution in [0.15, 0.2) is 40.5 Å². The zero-order valence-corrected chi connectivity index (χ0v) is 18.4. The van der Waals surface area contributed by atoms with Gasteiger partial charge < -0.3 is 9.64 Å². The first-order chi connectivity index (χ1) is 13.6. The first-order valence-corrected chi connectivity index (χ1v) is 10.4. The SMILES string of the molecule is CCCOC(=O)C1C(C)=NC2=C(C(=O)CC(C)(C)C2)[C@H]1c1ccc(N(C)C)cc1. The van der Waals surface area contributed by atoms with Gasteiger partial charge >= 0.3 is 5.97 Å². The van der Waals surface area contributed by atoms with E-state index in [1.165, 1.54) is 0 Å². The lowest BCUT2D eigenvalue weighted by atomic mass is 9.67. The Morgan fingerprint density at radius 2 is 1.86 bits per heavy atom. The lowest BCUT2D eigenvalue weighted by Crippen LogP contribution is -2.39. The third-order valence-electron chi connectivity index (χ3n) is 5.77. The van der Waals surface area contributed by atoms with Gasteiger partial charge in [-0.15, -0.1) is 0 Å². The smallest absolute Gasteiger partial charge is 0.315 e. The topological polar surface area (TPSA) is 59.0 Å². The Labute approximate surface area is 173 Å². The molecule has 5 nitrogen and oxygen atoms in total. The van der Waals surface area contributed by atoms with Gasteiger partial charge in [0.1, 0.15) is 5.92 Å². The van der Waals surface area contributed by atoms with Gasteiger partial charge in [0.2, 0.25) is 0 Å². The number of hydrogen-bond acceptors (Lipinski definition) is 5. The Bertz CT molecular complexity index is 863. The molecule has 2 aliphatic rings. The number of esters is 1.